The third-order valence-electron chi connectivity index (χ3n) is 3.53. The summed E-state index contributed by atoms with van der Waals surface area (Å²) in [5, 5.41) is 3.01. The Bertz CT molecular complexity index is 445. The standard InChI is InChI=1S/C15H23N3O/c1-11(2)13-5-3-4-6-14(13)17-15(19)10-18-8-7-12(16)9-18/h3-6,11-12H,7-10,16H2,1-2H3,(H,17,19)/t12-/m1/s1. The lowest BCUT2D eigenvalue weighted by Gasteiger charge is -2.17. The number of carbonyl (C=O) groups is 1. The Labute approximate surface area is 115 Å². The van der Waals surface area contributed by atoms with Crippen LogP contribution < -0.4 is 11.1 Å². The molecule has 0 aromatic heterocycles. The molecule has 1 fully saturated rings. The second-order valence-electron chi connectivity index (χ2n) is 5.57. The van der Waals surface area contributed by atoms with Gasteiger partial charge in [-0.05, 0) is 24.0 Å². The minimum Gasteiger partial charge on any atom is -0.326 e. The van der Waals surface area contributed by atoms with E-state index in [0.717, 1.165) is 25.2 Å². The van der Waals surface area contributed by atoms with E-state index in [2.05, 4.69) is 30.1 Å². The fourth-order valence-electron chi connectivity index (χ4n) is 2.51. The maximum atomic E-state index is 12.1. The Morgan fingerprint density at radius 1 is 1.47 bits per heavy atom. The van der Waals surface area contributed by atoms with Gasteiger partial charge in [0.25, 0.3) is 0 Å². The molecule has 104 valence electrons. The molecule has 0 unspecified atom stereocenters. The van der Waals surface area contributed by atoms with E-state index >= 15 is 0 Å². The fraction of sp³-hybridized carbons (Fsp3) is 0.533. The van der Waals surface area contributed by atoms with E-state index in [1.54, 1.807) is 0 Å². The quantitative estimate of drug-likeness (QED) is 0.868. The van der Waals surface area contributed by atoms with Crippen LogP contribution in [0, 0.1) is 0 Å². The Morgan fingerprint density at radius 3 is 2.84 bits per heavy atom. The summed E-state index contributed by atoms with van der Waals surface area (Å²) in [4.78, 5) is 14.2. The van der Waals surface area contributed by atoms with Crippen LogP contribution in [-0.2, 0) is 4.79 Å². The number of benzene rings is 1. The Hall–Kier alpha value is -1.39. The summed E-state index contributed by atoms with van der Waals surface area (Å²) in [6.07, 6.45) is 0.982. The number of hydrogen-bond acceptors (Lipinski definition) is 3. The molecule has 3 N–H and O–H groups in total. The normalized spacial score (nSPS) is 19.9. The van der Waals surface area contributed by atoms with Gasteiger partial charge in [0, 0.05) is 24.8 Å². The Balaban J connectivity index is 1.95. The van der Waals surface area contributed by atoms with E-state index in [9.17, 15) is 4.79 Å². The molecule has 0 radical (unpaired) electrons. The van der Waals surface area contributed by atoms with E-state index < -0.39 is 0 Å². The molecule has 1 aromatic rings. The lowest BCUT2D eigenvalue weighted by molar-refractivity contribution is -0.117. The van der Waals surface area contributed by atoms with Gasteiger partial charge in [0.2, 0.25) is 5.91 Å². The van der Waals surface area contributed by atoms with Crippen LogP contribution >= 0.6 is 0 Å². The third-order valence-corrected chi connectivity index (χ3v) is 3.53. The van der Waals surface area contributed by atoms with Crippen LogP contribution in [-0.4, -0.2) is 36.5 Å². The van der Waals surface area contributed by atoms with E-state index in [1.807, 2.05) is 18.2 Å². The van der Waals surface area contributed by atoms with Crippen LogP contribution in [0.2, 0.25) is 0 Å². The van der Waals surface area contributed by atoms with Gasteiger partial charge in [-0.2, -0.15) is 0 Å². The molecule has 1 aliphatic rings. The van der Waals surface area contributed by atoms with E-state index in [1.165, 1.54) is 5.56 Å². The molecule has 0 spiro atoms. The van der Waals surface area contributed by atoms with Crippen LogP contribution in [0.25, 0.3) is 0 Å². The molecular formula is C15H23N3O. The molecular weight excluding hydrogens is 238 g/mol. The minimum absolute atomic E-state index is 0.0437. The zero-order chi connectivity index (χ0) is 13.8. The number of anilines is 1. The van der Waals surface area contributed by atoms with Crippen molar-refractivity contribution < 1.29 is 4.79 Å². The van der Waals surface area contributed by atoms with Crippen LogP contribution in [0.3, 0.4) is 0 Å². The minimum atomic E-state index is 0.0437. The second-order valence-corrected chi connectivity index (χ2v) is 5.57. The van der Waals surface area contributed by atoms with Crippen molar-refractivity contribution in [2.75, 3.05) is 25.0 Å². The molecule has 2 rings (SSSR count). The highest BCUT2D eigenvalue weighted by molar-refractivity contribution is 5.93. The SMILES string of the molecule is CC(C)c1ccccc1NC(=O)CN1CC[C@@H](N)C1. The largest absolute Gasteiger partial charge is 0.326 e. The number of rotatable bonds is 4. The third kappa shape index (κ3) is 3.78. The molecule has 0 bridgehead atoms. The van der Waals surface area contributed by atoms with Gasteiger partial charge in [-0.1, -0.05) is 32.0 Å². The summed E-state index contributed by atoms with van der Waals surface area (Å²) in [6, 6.07) is 8.20. The molecule has 1 amide bonds. The van der Waals surface area contributed by atoms with Crippen LogP contribution in [0.15, 0.2) is 24.3 Å². The van der Waals surface area contributed by atoms with Gasteiger partial charge in [0.05, 0.1) is 6.54 Å². The number of nitrogens with one attached hydrogen (secondary N) is 1. The molecule has 1 aromatic carbocycles. The first-order valence-electron chi connectivity index (χ1n) is 6.93. The summed E-state index contributed by atoms with van der Waals surface area (Å²) in [7, 11) is 0. The summed E-state index contributed by atoms with van der Waals surface area (Å²) >= 11 is 0. The first-order valence-corrected chi connectivity index (χ1v) is 6.93. The lowest BCUT2D eigenvalue weighted by Crippen LogP contribution is -2.33. The molecule has 1 aliphatic heterocycles. The van der Waals surface area contributed by atoms with Crippen LogP contribution in [0.5, 0.6) is 0 Å². The Kier molecular flexibility index (Phi) is 4.56. The number of nitrogens with zero attached hydrogens (tertiary/aromatic N) is 1. The average molecular weight is 261 g/mol. The van der Waals surface area contributed by atoms with Crippen molar-refractivity contribution in [1.29, 1.82) is 0 Å². The zero-order valence-corrected chi connectivity index (χ0v) is 11.7. The molecule has 0 saturated carbocycles. The first-order chi connectivity index (χ1) is 9.06. The van der Waals surface area contributed by atoms with Gasteiger partial charge in [-0.3, -0.25) is 9.69 Å². The van der Waals surface area contributed by atoms with Gasteiger partial charge in [-0.25, -0.2) is 0 Å². The molecule has 4 nitrogen and oxygen atoms in total. The van der Waals surface area contributed by atoms with Gasteiger partial charge in [-0.15, -0.1) is 0 Å². The average Bonchev–Trinajstić information content (AvgIpc) is 2.75. The van der Waals surface area contributed by atoms with Gasteiger partial charge < -0.3 is 11.1 Å². The summed E-state index contributed by atoms with van der Waals surface area (Å²) < 4.78 is 0. The maximum absolute atomic E-state index is 12.1. The lowest BCUT2D eigenvalue weighted by atomic mass is 10.0. The van der Waals surface area contributed by atoms with E-state index in [-0.39, 0.29) is 11.9 Å². The summed E-state index contributed by atoms with van der Waals surface area (Å²) in [6.45, 7) is 6.43. The van der Waals surface area contributed by atoms with Crippen molar-refractivity contribution in [3.63, 3.8) is 0 Å². The smallest absolute Gasteiger partial charge is 0.238 e. The molecule has 1 heterocycles. The number of para-hydroxylation sites is 1. The van der Waals surface area contributed by atoms with Crippen LogP contribution in [0.4, 0.5) is 5.69 Å². The fourth-order valence-corrected chi connectivity index (χ4v) is 2.51. The molecule has 1 atom stereocenters. The van der Waals surface area contributed by atoms with Crippen molar-refractivity contribution in [2.45, 2.75) is 32.2 Å². The molecule has 4 heteroatoms. The van der Waals surface area contributed by atoms with E-state index in [4.69, 9.17) is 5.73 Å². The predicted octanol–water partition coefficient (Wildman–Crippen LogP) is 1.78. The van der Waals surface area contributed by atoms with Gasteiger partial charge >= 0.3 is 0 Å². The number of likely N-dealkylation sites (tertiary alicyclic amines) is 1. The van der Waals surface area contributed by atoms with Gasteiger partial charge in [0.15, 0.2) is 0 Å². The second kappa shape index (κ2) is 6.17. The zero-order valence-electron chi connectivity index (χ0n) is 11.7. The molecule has 1 saturated heterocycles. The summed E-state index contributed by atoms with van der Waals surface area (Å²) in [5.41, 5.74) is 7.94. The highest BCUT2D eigenvalue weighted by Crippen LogP contribution is 2.23. The first kappa shape index (κ1) is 14.0. The van der Waals surface area contributed by atoms with Gasteiger partial charge in [0.1, 0.15) is 0 Å². The molecule has 0 aliphatic carbocycles. The monoisotopic (exact) mass is 261 g/mol. The topological polar surface area (TPSA) is 58.4 Å². The number of carbonyl (C=O) groups excluding carboxylic acids is 1. The highest BCUT2D eigenvalue weighted by atomic mass is 16.2. The number of hydrogen-bond donors (Lipinski definition) is 2. The molecule has 19 heavy (non-hydrogen) atoms. The van der Waals surface area contributed by atoms with Crippen LogP contribution in [0.1, 0.15) is 31.7 Å². The maximum Gasteiger partial charge on any atom is 0.238 e. The number of amides is 1. The predicted molar refractivity (Wildman–Crippen MR) is 78.2 cm³/mol. The van der Waals surface area contributed by atoms with Crippen molar-refractivity contribution in [1.82, 2.24) is 4.90 Å². The van der Waals surface area contributed by atoms with Crippen molar-refractivity contribution in [3.8, 4) is 0 Å². The van der Waals surface area contributed by atoms with Crippen molar-refractivity contribution in [2.24, 2.45) is 5.73 Å². The highest BCUT2D eigenvalue weighted by Gasteiger charge is 2.21. The van der Waals surface area contributed by atoms with Crippen molar-refractivity contribution in [3.05, 3.63) is 29.8 Å². The Morgan fingerprint density at radius 2 is 2.21 bits per heavy atom. The van der Waals surface area contributed by atoms with Crippen molar-refractivity contribution >= 4 is 11.6 Å². The van der Waals surface area contributed by atoms with E-state index in [0.29, 0.717) is 12.5 Å². The summed E-state index contributed by atoms with van der Waals surface area (Å²) in [5.74, 6) is 0.443. The number of nitrogens with two attached hydrogens (primary N) is 1.